The molecule has 0 aromatic heterocycles. The van der Waals surface area contributed by atoms with E-state index in [1.54, 1.807) is 24.3 Å². The molecule has 0 saturated heterocycles. The van der Waals surface area contributed by atoms with E-state index in [0.29, 0.717) is 16.5 Å². The predicted molar refractivity (Wildman–Crippen MR) is 72.4 cm³/mol. The van der Waals surface area contributed by atoms with E-state index < -0.39 is 10.8 Å². The molecule has 2 aromatic carbocycles. The minimum atomic E-state index is -1.09. The smallest absolute Gasteiger partial charge is 0.0574 e. The van der Waals surface area contributed by atoms with Gasteiger partial charge in [-0.05, 0) is 35.9 Å². The molecule has 0 spiro atoms. The first-order chi connectivity index (χ1) is 8.15. The summed E-state index contributed by atoms with van der Waals surface area (Å²) >= 11 is 5.88. The second-order valence-electron chi connectivity index (χ2n) is 3.69. The number of benzene rings is 2. The standard InChI is InChI=1S/C13H12ClNOS/c14-11-4-1-3-10(7-11)9-17(16)13-6-2-5-12(15)8-13/h1-8H,9,15H2. The molecule has 2 rings (SSSR count). The van der Waals surface area contributed by atoms with Crippen molar-refractivity contribution in [2.24, 2.45) is 0 Å². The van der Waals surface area contributed by atoms with Gasteiger partial charge in [-0.25, -0.2) is 0 Å². The molecule has 1 atom stereocenters. The number of hydrogen-bond donors (Lipinski definition) is 1. The van der Waals surface area contributed by atoms with Crippen LogP contribution in [0.2, 0.25) is 5.02 Å². The van der Waals surface area contributed by atoms with E-state index in [2.05, 4.69) is 0 Å². The summed E-state index contributed by atoms with van der Waals surface area (Å²) in [5.41, 5.74) is 7.24. The number of rotatable bonds is 3. The normalized spacial score (nSPS) is 12.3. The highest BCUT2D eigenvalue weighted by Crippen LogP contribution is 2.17. The number of hydrogen-bond acceptors (Lipinski definition) is 2. The molecule has 17 heavy (non-hydrogen) atoms. The van der Waals surface area contributed by atoms with Gasteiger partial charge in [-0.2, -0.15) is 0 Å². The van der Waals surface area contributed by atoms with Crippen LogP contribution in [0.4, 0.5) is 5.69 Å². The van der Waals surface area contributed by atoms with Crippen molar-refractivity contribution in [1.29, 1.82) is 0 Å². The van der Waals surface area contributed by atoms with Crippen molar-refractivity contribution in [2.75, 3.05) is 5.73 Å². The van der Waals surface area contributed by atoms with Crippen molar-refractivity contribution in [3.63, 3.8) is 0 Å². The molecule has 0 aliphatic carbocycles. The van der Waals surface area contributed by atoms with Gasteiger partial charge >= 0.3 is 0 Å². The predicted octanol–water partition coefficient (Wildman–Crippen LogP) is 3.23. The fraction of sp³-hybridized carbons (Fsp3) is 0.0769. The Labute approximate surface area is 108 Å². The van der Waals surface area contributed by atoms with Gasteiger partial charge in [-0.3, -0.25) is 4.21 Å². The summed E-state index contributed by atoms with van der Waals surface area (Å²) in [6.07, 6.45) is 0. The van der Waals surface area contributed by atoms with Gasteiger partial charge in [0, 0.05) is 15.6 Å². The van der Waals surface area contributed by atoms with Crippen LogP contribution in [-0.2, 0) is 16.6 Å². The Bertz CT molecular complexity index is 557. The molecule has 0 radical (unpaired) electrons. The molecule has 0 amide bonds. The lowest BCUT2D eigenvalue weighted by Crippen LogP contribution is -1.97. The van der Waals surface area contributed by atoms with Gasteiger partial charge in [0.1, 0.15) is 0 Å². The summed E-state index contributed by atoms with van der Waals surface area (Å²) in [6.45, 7) is 0. The lowest BCUT2D eigenvalue weighted by atomic mass is 10.2. The van der Waals surface area contributed by atoms with Crippen molar-refractivity contribution in [3.05, 3.63) is 59.1 Å². The summed E-state index contributed by atoms with van der Waals surface area (Å²) in [7, 11) is -1.09. The molecule has 2 aromatic rings. The van der Waals surface area contributed by atoms with Gasteiger partial charge in [0.2, 0.25) is 0 Å². The molecule has 4 heteroatoms. The van der Waals surface area contributed by atoms with E-state index in [1.807, 2.05) is 24.3 Å². The van der Waals surface area contributed by atoms with Gasteiger partial charge in [-0.15, -0.1) is 0 Å². The maximum atomic E-state index is 12.1. The fourth-order valence-corrected chi connectivity index (χ4v) is 2.88. The van der Waals surface area contributed by atoms with Gasteiger partial charge in [0.05, 0.1) is 16.6 Å². The Hall–Kier alpha value is -1.32. The average molecular weight is 266 g/mol. The van der Waals surface area contributed by atoms with Gasteiger partial charge < -0.3 is 5.73 Å². The van der Waals surface area contributed by atoms with E-state index >= 15 is 0 Å². The second-order valence-corrected chi connectivity index (χ2v) is 5.58. The van der Waals surface area contributed by atoms with Crippen LogP contribution in [0, 0.1) is 0 Å². The van der Waals surface area contributed by atoms with E-state index in [9.17, 15) is 4.21 Å². The number of anilines is 1. The largest absolute Gasteiger partial charge is 0.399 e. The Morgan fingerprint density at radius 3 is 2.59 bits per heavy atom. The zero-order valence-electron chi connectivity index (χ0n) is 9.10. The summed E-state index contributed by atoms with van der Waals surface area (Å²) in [4.78, 5) is 0.741. The lowest BCUT2D eigenvalue weighted by molar-refractivity contribution is 0.682. The number of halogens is 1. The van der Waals surface area contributed by atoms with Crippen molar-refractivity contribution in [3.8, 4) is 0 Å². The minimum Gasteiger partial charge on any atom is -0.399 e. The first-order valence-corrected chi connectivity index (χ1v) is 6.83. The molecule has 1 unspecified atom stereocenters. The highest BCUT2D eigenvalue weighted by atomic mass is 35.5. The van der Waals surface area contributed by atoms with Crippen molar-refractivity contribution in [1.82, 2.24) is 0 Å². The van der Waals surface area contributed by atoms with Crippen LogP contribution in [0.5, 0.6) is 0 Å². The zero-order chi connectivity index (χ0) is 12.3. The van der Waals surface area contributed by atoms with E-state index in [1.165, 1.54) is 0 Å². The fourth-order valence-electron chi connectivity index (χ4n) is 1.52. The highest BCUT2D eigenvalue weighted by molar-refractivity contribution is 7.84. The third-order valence-corrected chi connectivity index (χ3v) is 3.92. The second kappa shape index (κ2) is 5.34. The van der Waals surface area contributed by atoms with Crippen LogP contribution in [0.15, 0.2) is 53.4 Å². The summed E-state index contributed by atoms with van der Waals surface area (Å²) in [6, 6.07) is 14.5. The van der Waals surface area contributed by atoms with Crippen LogP contribution in [0.3, 0.4) is 0 Å². The van der Waals surface area contributed by atoms with Gasteiger partial charge in [0.15, 0.2) is 0 Å². The molecule has 2 N–H and O–H groups in total. The van der Waals surface area contributed by atoms with Crippen LogP contribution in [-0.4, -0.2) is 4.21 Å². The highest BCUT2D eigenvalue weighted by Gasteiger charge is 2.05. The third kappa shape index (κ3) is 3.32. The SMILES string of the molecule is Nc1cccc(S(=O)Cc2cccc(Cl)c2)c1. The van der Waals surface area contributed by atoms with Crippen molar-refractivity contribution < 1.29 is 4.21 Å². The summed E-state index contributed by atoms with van der Waals surface area (Å²) < 4.78 is 12.1. The maximum absolute atomic E-state index is 12.1. The molecular formula is C13H12ClNOS. The van der Waals surface area contributed by atoms with Gasteiger partial charge in [-0.1, -0.05) is 29.8 Å². The molecule has 0 fully saturated rings. The Morgan fingerprint density at radius 2 is 1.88 bits per heavy atom. The van der Waals surface area contributed by atoms with E-state index in [4.69, 9.17) is 17.3 Å². The van der Waals surface area contributed by atoms with Crippen LogP contribution in [0.25, 0.3) is 0 Å². The average Bonchev–Trinajstić information content (AvgIpc) is 2.29. The lowest BCUT2D eigenvalue weighted by Gasteiger charge is -2.04. The van der Waals surface area contributed by atoms with E-state index in [-0.39, 0.29) is 0 Å². The zero-order valence-corrected chi connectivity index (χ0v) is 10.7. The van der Waals surface area contributed by atoms with Crippen LogP contribution < -0.4 is 5.73 Å². The van der Waals surface area contributed by atoms with Gasteiger partial charge in [0.25, 0.3) is 0 Å². The number of nitrogens with two attached hydrogens (primary N) is 1. The van der Waals surface area contributed by atoms with Crippen molar-refractivity contribution >= 4 is 28.1 Å². The Morgan fingerprint density at radius 1 is 1.12 bits per heavy atom. The molecule has 0 heterocycles. The molecular weight excluding hydrogens is 254 g/mol. The summed E-state index contributed by atoms with van der Waals surface area (Å²) in [5, 5.41) is 0.659. The molecule has 2 nitrogen and oxygen atoms in total. The first-order valence-electron chi connectivity index (χ1n) is 5.13. The first kappa shape index (κ1) is 12.1. The molecule has 88 valence electrons. The maximum Gasteiger partial charge on any atom is 0.0574 e. The Balaban J connectivity index is 2.17. The van der Waals surface area contributed by atoms with E-state index in [0.717, 1.165) is 10.5 Å². The molecule has 0 bridgehead atoms. The third-order valence-electron chi connectivity index (χ3n) is 2.31. The topological polar surface area (TPSA) is 43.1 Å². The number of nitrogen functional groups attached to an aromatic ring is 1. The van der Waals surface area contributed by atoms with Crippen LogP contribution >= 0.6 is 11.6 Å². The van der Waals surface area contributed by atoms with Crippen molar-refractivity contribution in [2.45, 2.75) is 10.6 Å². The van der Waals surface area contributed by atoms with Crippen LogP contribution in [0.1, 0.15) is 5.56 Å². The Kier molecular flexibility index (Phi) is 3.82. The molecule has 0 aliphatic heterocycles. The summed E-state index contributed by atoms with van der Waals surface area (Å²) in [5.74, 6) is 0.448. The monoisotopic (exact) mass is 265 g/mol. The minimum absolute atomic E-state index is 0.448. The quantitative estimate of drug-likeness (QED) is 0.866. The molecule has 0 saturated carbocycles. The molecule has 0 aliphatic rings.